The minimum Gasteiger partial charge on any atom is -0.457 e. The summed E-state index contributed by atoms with van der Waals surface area (Å²) in [5.74, 6) is -0.422. The highest BCUT2D eigenvalue weighted by molar-refractivity contribution is 8.18. The van der Waals surface area contributed by atoms with Crippen molar-refractivity contribution in [2.24, 2.45) is 0 Å². The normalized spacial score (nSPS) is 16.6. The van der Waals surface area contributed by atoms with Crippen LogP contribution in [0.25, 0.3) is 17.4 Å². The van der Waals surface area contributed by atoms with Gasteiger partial charge in [0.1, 0.15) is 18.1 Å². The van der Waals surface area contributed by atoms with Crippen molar-refractivity contribution in [2.45, 2.75) is 13.8 Å². The van der Waals surface area contributed by atoms with Crippen LogP contribution >= 0.6 is 11.8 Å². The first-order valence-corrected chi connectivity index (χ1v) is 13.3. The van der Waals surface area contributed by atoms with Gasteiger partial charge in [0.15, 0.2) is 0 Å². The van der Waals surface area contributed by atoms with E-state index in [4.69, 9.17) is 9.15 Å². The number of carbonyl (C=O) groups excluding carboxylic acids is 3. The number of hydrogen-bond donors (Lipinski definition) is 1. The molecule has 206 valence electrons. The van der Waals surface area contributed by atoms with Gasteiger partial charge in [-0.3, -0.25) is 29.4 Å². The van der Waals surface area contributed by atoms with Gasteiger partial charge < -0.3 is 19.4 Å². The van der Waals surface area contributed by atoms with E-state index >= 15 is 0 Å². The second-order valence-corrected chi connectivity index (χ2v) is 10.4. The number of hydrogen-bond acceptors (Lipinski definition) is 9. The Morgan fingerprint density at radius 1 is 1.10 bits per heavy atom. The number of anilines is 2. The molecule has 1 N–H and O–H groups in total. The molecule has 12 heteroatoms. The van der Waals surface area contributed by atoms with Gasteiger partial charge in [0.2, 0.25) is 5.91 Å². The number of aryl methyl sites for hydroxylation is 1. The van der Waals surface area contributed by atoms with Crippen molar-refractivity contribution in [1.29, 1.82) is 0 Å². The number of thioether (sulfide) groups is 1. The van der Waals surface area contributed by atoms with E-state index in [0.29, 0.717) is 53.3 Å². The lowest BCUT2D eigenvalue weighted by atomic mass is 10.0. The maximum absolute atomic E-state index is 12.9. The summed E-state index contributed by atoms with van der Waals surface area (Å²) in [4.78, 5) is 52.2. The fraction of sp³-hybridized carbons (Fsp3) is 0.250. The summed E-state index contributed by atoms with van der Waals surface area (Å²) in [7, 11) is 0. The van der Waals surface area contributed by atoms with Crippen LogP contribution < -0.4 is 10.2 Å². The molecule has 2 aliphatic heterocycles. The van der Waals surface area contributed by atoms with Gasteiger partial charge >= 0.3 is 0 Å². The average molecular weight is 563 g/mol. The number of morpholine rings is 1. The molecule has 0 saturated carbocycles. The van der Waals surface area contributed by atoms with Crippen molar-refractivity contribution in [2.75, 3.05) is 43.1 Å². The number of nitro groups is 1. The Morgan fingerprint density at radius 2 is 1.82 bits per heavy atom. The van der Waals surface area contributed by atoms with Gasteiger partial charge in [0.05, 0.1) is 23.0 Å². The third-order valence-corrected chi connectivity index (χ3v) is 7.63. The summed E-state index contributed by atoms with van der Waals surface area (Å²) < 4.78 is 11.2. The van der Waals surface area contributed by atoms with Gasteiger partial charge in [0, 0.05) is 47.7 Å². The summed E-state index contributed by atoms with van der Waals surface area (Å²) in [5.41, 5.74) is 3.41. The summed E-state index contributed by atoms with van der Waals surface area (Å²) in [5, 5.41) is 13.6. The summed E-state index contributed by atoms with van der Waals surface area (Å²) in [6.45, 7) is 5.97. The molecule has 40 heavy (non-hydrogen) atoms. The van der Waals surface area contributed by atoms with Crippen LogP contribution in [0, 0.1) is 24.0 Å². The maximum atomic E-state index is 12.9. The molecule has 1 aromatic heterocycles. The number of carbonyl (C=O) groups is 3. The topological polar surface area (TPSA) is 135 Å². The second-order valence-electron chi connectivity index (χ2n) is 9.36. The van der Waals surface area contributed by atoms with Crippen LogP contribution in [-0.4, -0.2) is 59.7 Å². The lowest BCUT2D eigenvalue weighted by molar-refractivity contribution is -0.385. The highest BCUT2D eigenvalue weighted by Crippen LogP contribution is 2.35. The zero-order valence-corrected chi connectivity index (χ0v) is 22.7. The number of rotatable bonds is 7. The zero-order chi connectivity index (χ0) is 28.4. The van der Waals surface area contributed by atoms with Crippen molar-refractivity contribution >= 4 is 52.0 Å². The molecule has 3 aromatic rings. The number of nitro benzene ring substituents is 1. The second kappa shape index (κ2) is 11.4. The Hall–Kier alpha value is -4.42. The van der Waals surface area contributed by atoms with Crippen molar-refractivity contribution in [3.05, 3.63) is 80.4 Å². The highest BCUT2D eigenvalue weighted by atomic mass is 32.2. The molecular weight excluding hydrogens is 536 g/mol. The van der Waals surface area contributed by atoms with Crippen LogP contribution in [0.4, 0.5) is 21.9 Å². The molecule has 0 bridgehead atoms. The summed E-state index contributed by atoms with van der Waals surface area (Å²) in [6, 6.07) is 13.8. The van der Waals surface area contributed by atoms with Gasteiger partial charge in [-0.15, -0.1) is 0 Å². The predicted molar refractivity (Wildman–Crippen MR) is 151 cm³/mol. The number of imide groups is 1. The van der Waals surface area contributed by atoms with Crippen molar-refractivity contribution in [3.63, 3.8) is 0 Å². The number of furan rings is 1. The average Bonchev–Trinajstić information content (AvgIpc) is 3.51. The molecule has 2 saturated heterocycles. The van der Waals surface area contributed by atoms with Gasteiger partial charge in [-0.2, -0.15) is 0 Å². The van der Waals surface area contributed by atoms with E-state index < -0.39 is 28.5 Å². The van der Waals surface area contributed by atoms with Crippen LogP contribution in [0.5, 0.6) is 0 Å². The largest absolute Gasteiger partial charge is 0.457 e. The lowest BCUT2D eigenvalue weighted by Gasteiger charge is -2.28. The van der Waals surface area contributed by atoms with E-state index in [-0.39, 0.29) is 10.6 Å². The van der Waals surface area contributed by atoms with E-state index in [1.165, 1.54) is 12.1 Å². The van der Waals surface area contributed by atoms with Crippen molar-refractivity contribution < 1.29 is 28.5 Å². The van der Waals surface area contributed by atoms with Crippen LogP contribution in [0.15, 0.2) is 57.9 Å². The SMILES string of the molecule is Cc1cc(-c2ccc(/C=C3/SC(=O)N(CC(=O)Nc4ccc(N5CCOCC5)cc4)C3=O)o2)cc([N+](=O)[O-])c1C. The van der Waals surface area contributed by atoms with Crippen molar-refractivity contribution in [1.82, 2.24) is 4.90 Å². The number of ether oxygens (including phenoxy) is 1. The Morgan fingerprint density at radius 3 is 2.52 bits per heavy atom. The Kier molecular flexibility index (Phi) is 7.71. The molecule has 2 fully saturated rings. The molecule has 0 atom stereocenters. The maximum Gasteiger partial charge on any atom is 0.294 e. The number of benzene rings is 2. The smallest absolute Gasteiger partial charge is 0.294 e. The standard InChI is InChI=1S/C28H26N4O7S/c1-17-13-19(14-23(18(17)2)32(36)37)24-8-7-22(39-24)15-25-27(34)31(28(35)40-25)16-26(33)29-20-3-5-21(6-4-20)30-9-11-38-12-10-30/h3-8,13-15H,9-12,16H2,1-2H3,(H,29,33)/b25-15+. The molecule has 3 heterocycles. The predicted octanol–water partition coefficient (Wildman–Crippen LogP) is 4.98. The molecule has 2 aromatic carbocycles. The van der Waals surface area contributed by atoms with E-state index in [0.717, 1.165) is 29.2 Å². The molecule has 3 amide bonds. The molecular formula is C28H26N4O7S. The minimum absolute atomic E-state index is 0.0135. The molecule has 0 spiro atoms. The molecule has 0 aliphatic carbocycles. The van der Waals surface area contributed by atoms with Gasteiger partial charge in [-0.1, -0.05) is 0 Å². The number of nitrogens with one attached hydrogen (secondary N) is 1. The Bertz CT molecular complexity index is 1520. The summed E-state index contributed by atoms with van der Waals surface area (Å²) in [6.07, 6.45) is 1.42. The van der Waals surface area contributed by atoms with E-state index in [9.17, 15) is 24.5 Å². The lowest BCUT2D eigenvalue weighted by Crippen LogP contribution is -2.36. The molecule has 0 radical (unpaired) electrons. The van der Waals surface area contributed by atoms with Crippen LogP contribution in [0.1, 0.15) is 16.9 Å². The van der Waals surface area contributed by atoms with Gasteiger partial charge in [0.25, 0.3) is 16.8 Å². The number of nitrogens with zero attached hydrogens (tertiary/aromatic N) is 3. The molecule has 11 nitrogen and oxygen atoms in total. The first kappa shape index (κ1) is 27.2. The fourth-order valence-corrected chi connectivity index (χ4v) is 5.26. The van der Waals surface area contributed by atoms with Gasteiger partial charge in [-0.05, 0) is 73.6 Å². The van der Waals surface area contributed by atoms with Crippen molar-refractivity contribution in [3.8, 4) is 11.3 Å². The zero-order valence-electron chi connectivity index (χ0n) is 21.8. The minimum atomic E-state index is -0.604. The Labute approximate surface area is 233 Å². The van der Waals surface area contributed by atoms with Crippen LogP contribution in [-0.2, 0) is 14.3 Å². The third-order valence-electron chi connectivity index (χ3n) is 6.72. The first-order chi connectivity index (χ1) is 19.2. The quantitative estimate of drug-likeness (QED) is 0.240. The van der Waals surface area contributed by atoms with Crippen LogP contribution in [0.3, 0.4) is 0 Å². The molecule has 2 aliphatic rings. The van der Waals surface area contributed by atoms with Gasteiger partial charge in [-0.25, -0.2) is 0 Å². The van der Waals surface area contributed by atoms with E-state index in [1.54, 1.807) is 44.2 Å². The molecule has 0 unspecified atom stereocenters. The molecule has 5 rings (SSSR count). The number of amides is 3. The highest BCUT2D eigenvalue weighted by Gasteiger charge is 2.36. The van der Waals surface area contributed by atoms with E-state index in [1.807, 2.05) is 12.1 Å². The first-order valence-electron chi connectivity index (χ1n) is 12.5. The Balaban J connectivity index is 1.23. The monoisotopic (exact) mass is 562 g/mol. The van der Waals surface area contributed by atoms with Crippen LogP contribution in [0.2, 0.25) is 0 Å². The third kappa shape index (κ3) is 5.77. The summed E-state index contributed by atoms with van der Waals surface area (Å²) >= 11 is 0.712. The fourth-order valence-electron chi connectivity index (χ4n) is 4.44. The van der Waals surface area contributed by atoms with E-state index in [2.05, 4.69) is 10.2 Å².